The molecule has 1 aliphatic carbocycles. The van der Waals surface area contributed by atoms with Crippen LogP contribution in [0.4, 0.5) is 11.5 Å². The van der Waals surface area contributed by atoms with Crippen LogP contribution in [0.2, 0.25) is 0 Å². The van der Waals surface area contributed by atoms with Crippen molar-refractivity contribution in [2.75, 3.05) is 23.8 Å². The molecule has 11 heteroatoms. The van der Waals surface area contributed by atoms with Crippen LogP contribution in [-0.4, -0.2) is 51.5 Å². The minimum Gasteiger partial charge on any atom is -0.381 e. The molecule has 186 valence electrons. The van der Waals surface area contributed by atoms with Gasteiger partial charge in [0.15, 0.2) is 5.69 Å². The van der Waals surface area contributed by atoms with Crippen LogP contribution in [0.3, 0.4) is 0 Å². The quantitative estimate of drug-likeness (QED) is 0.577. The molecule has 1 saturated heterocycles. The molecule has 3 N–H and O–H groups in total. The van der Waals surface area contributed by atoms with Gasteiger partial charge < -0.3 is 20.7 Å². The zero-order chi connectivity index (χ0) is 24.6. The molecule has 2 aromatic rings. The molecule has 0 radical (unpaired) electrons. The Balaban J connectivity index is 1.35. The number of amides is 3. The number of pyridine rings is 1. The monoisotopic (exact) mass is 498 g/mol. The highest BCUT2D eigenvalue weighted by molar-refractivity contribution is 7.05. The maximum atomic E-state index is 13.4. The Bertz CT molecular complexity index is 1140. The van der Waals surface area contributed by atoms with Crippen molar-refractivity contribution in [3.63, 3.8) is 0 Å². The van der Waals surface area contributed by atoms with Crippen LogP contribution in [0.25, 0.3) is 0 Å². The third-order valence-corrected chi connectivity index (χ3v) is 8.30. The predicted molar refractivity (Wildman–Crippen MR) is 130 cm³/mol. The summed E-state index contributed by atoms with van der Waals surface area (Å²) in [6.45, 7) is 5.05. The third kappa shape index (κ3) is 4.54. The first-order valence-electron chi connectivity index (χ1n) is 12.2. The van der Waals surface area contributed by atoms with Crippen LogP contribution in [0, 0.1) is 18.8 Å². The Morgan fingerprint density at radius 3 is 2.66 bits per heavy atom. The van der Waals surface area contributed by atoms with Gasteiger partial charge in [-0.2, -0.15) is 0 Å². The van der Waals surface area contributed by atoms with Gasteiger partial charge >= 0.3 is 0 Å². The SMILES string of the molecule is Cc1snnc1C(=O)NC(C(=O)Nc1cc2c(cn1)C1(CCOCC1)C(=O)N2)C1CCC(C)CC1. The summed E-state index contributed by atoms with van der Waals surface area (Å²) in [5.74, 6) is 0.196. The van der Waals surface area contributed by atoms with E-state index in [0.29, 0.717) is 48.4 Å². The van der Waals surface area contributed by atoms with Gasteiger partial charge in [0, 0.05) is 31.0 Å². The summed E-state index contributed by atoms with van der Waals surface area (Å²) in [6.07, 6.45) is 6.62. The summed E-state index contributed by atoms with van der Waals surface area (Å²) < 4.78 is 9.29. The van der Waals surface area contributed by atoms with Crippen molar-refractivity contribution < 1.29 is 19.1 Å². The lowest BCUT2D eigenvalue weighted by atomic mass is 9.76. The Kier molecular flexibility index (Phi) is 6.54. The van der Waals surface area contributed by atoms with E-state index in [9.17, 15) is 14.4 Å². The number of rotatable bonds is 5. The van der Waals surface area contributed by atoms with Crippen LogP contribution in [-0.2, 0) is 19.7 Å². The Labute approximate surface area is 207 Å². The van der Waals surface area contributed by atoms with E-state index in [1.54, 1.807) is 19.2 Å². The van der Waals surface area contributed by atoms with Crippen molar-refractivity contribution in [2.45, 2.75) is 63.8 Å². The molecule has 1 spiro atoms. The molecule has 1 unspecified atom stereocenters. The summed E-state index contributed by atoms with van der Waals surface area (Å²) in [6, 6.07) is 0.980. The highest BCUT2D eigenvalue weighted by Gasteiger charge is 2.48. The maximum absolute atomic E-state index is 13.4. The zero-order valence-corrected chi connectivity index (χ0v) is 20.7. The first-order chi connectivity index (χ1) is 16.9. The van der Waals surface area contributed by atoms with Gasteiger partial charge in [0.25, 0.3) is 5.91 Å². The molecule has 0 bridgehead atoms. The van der Waals surface area contributed by atoms with Gasteiger partial charge in [0.05, 0.1) is 16.0 Å². The van der Waals surface area contributed by atoms with Crippen molar-refractivity contribution in [3.05, 3.63) is 28.4 Å². The molecule has 0 aromatic carbocycles. The molecular weight excluding hydrogens is 468 g/mol. The number of hydrogen-bond donors (Lipinski definition) is 3. The van der Waals surface area contributed by atoms with Gasteiger partial charge in [-0.1, -0.05) is 24.3 Å². The Morgan fingerprint density at radius 2 is 1.97 bits per heavy atom. The molecule has 35 heavy (non-hydrogen) atoms. The Morgan fingerprint density at radius 1 is 1.23 bits per heavy atom. The summed E-state index contributed by atoms with van der Waals surface area (Å²) in [5.41, 5.74) is 1.15. The number of ether oxygens (including phenoxy) is 1. The van der Waals surface area contributed by atoms with E-state index in [-0.39, 0.29) is 23.4 Å². The van der Waals surface area contributed by atoms with Crippen LogP contribution < -0.4 is 16.0 Å². The second kappa shape index (κ2) is 9.62. The number of fused-ring (bicyclic) bond motifs is 2. The van der Waals surface area contributed by atoms with E-state index in [2.05, 4.69) is 37.4 Å². The molecule has 2 aromatic heterocycles. The number of anilines is 2. The number of nitrogens with one attached hydrogen (secondary N) is 3. The number of carbonyl (C=O) groups is 3. The average Bonchev–Trinajstić information content (AvgIpc) is 3.39. The molecule has 2 aliphatic heterocycles. The average molecular weight is 499 g/mol. The molecule has 5 rings (SSSR count). The van der Waals surface area contributed by atoms with Gasteiger partial charge in [-0.05, 0) is 56.0 Å². The smallest absolute Gasteiger partial charge is 0.273 e. The van der Waals surface area contributed by atoms with E-state index in [1.165, 1.54) is 0 Å². The largest absolute Gasteiger partial charge is 0.381 e. The number of aromatic nitrogens is 3. The van der Waals surface area contributed by atoms with Crippen LogP contribution in [0.5, 0.6) is 0 Å². The molecule has 1 saturated carbocycles. The fourth-order valence-corrected chi connectivity index (χ4v) is 5.93. The first-order valence-corrected chi connectivity index (χ1v) is 12.9. The molecule has 3 amide bonds. The van der Waals surface area contributed by atoms with Crippen molar-refractivity contribution in [1.29, 1.82) is 0 Å². The van der Waals surface area contributed by atoms with Crippen LogP contribution in [0.15, 0.2) is 12.3 Å². The second-order valence-electron chi connectivity index (χ2n) is 9.90. The maximum Gasteiger partial charge on any atom is 0.273 e. The summed E-state index contributed by atoms with van der Waals surface area (Å²) in [7, 11) is 0. The van der Waals surface area contributed by atoms with Crippen molar-refractivity contribution >= 4 is 40.8 Å². The van der Waals surface area contributed by atoms with Gasteiger partial charge in [0.1, 0.15) is 11.9 Å². The van der Waals surface area contributed by atoms with Crippen molar-refractivity contribution in [2.24, 2.45) is 11.8 Å². The number of aryl methyl sites for hydroxylation is 1. The summed E-state index contributed by atoms with van der Waals surface area (Å²) in [4.78, 5) is 44.3. The number of nitrogens with zero attached hydrogens (tertiary/aromatic N) is 3. The van der Waals surface area contributed by atoms with Gasteiger partial charge in [-0.15, -0.1) is 5.10 Å². The van der Waals surface area contributed by atoms with Crippen molar-refractivity contribution in [1.82, 2.24) is 19.9 Å². The Hall–Kier alpha value is -2.92. The van der Waals surface area contributed by atoms with Crippen LogP contribution in [0.1, 0.15) is 66.4 Å². The third-order valence-electron chi connectivity index (χ3n) is 7.67. The minimum absolute atomic E-state index is 0.0155. The second-order valence-corrected chi connectivity index (χ2v) is 10.9. The summed E-state index contributed by atoms with van der Waals surface area (Å²) >= 11 is 1.15. The molecule has 2 fully saturated rings. The lowest BCUT2D eigenvalue weighted by Gasteiger charge is -2.32. The van der Waals surface area contributed by atoms with Crippen molar-refractivity contribution in [3.8, 4) is 0 Å². The standard InChI is InChI=1S/C24H30N6O4S/c1-13-3-5-15(6-4-13)20(28-21(31)19-14(2)35-30-29-19)22(32)27-18-11-17-16(12-25-18)24(23(33)26-17)7-9-34-10-8-24/h11-13,15,20H,3-10H2,1-2H3,(H,26,33)(H,28,31)(H,25,27,32). The lowest BCUT2D eigenvalue weighted by molar-refractivity contribution is -0.124. The summed E-state index contributed by atoms with van der Waals surface area (Å²) in [5, 5.41) is 12.7. The van der Waals surface area contributed by atoms with E-state index in [4.69, 9.17) is 4.74 Å². The molecule has 1 atom stereocenters. The molecule has 3 aliphatic rings. The van der Waals surface area contributed by atoms with E-state index < -0.39 is 17.4 Å². The van der Waals surface area contributed by atoms with Gasteiger partial charge in [-0.25, -0.2) is 4.98 Å². The van der Waals surface area contributed by atoms with Gasteiger partial charge in [0.2, 0.25) is 11.8 Å². The fraction of sp³-hybridized carbons (Fsp3) is 0.583. The predicted octanol–water partition coefficient (Wildman–Crippen LogP) is 2.81. The highest BCUT2D eigenvalue weighted by Crippen LogP contribution is 2.44. The minimum atomic E-state index is -0.720. The topological polar surface area (TPSA) is 135 Å². The zero-order valence-electron chi connectivity index (χ0n) is 19.9. The molecular formula is C24H30N6O4S. The highest BCUT2D eigenvalue weighted by atomic mass is 32.1. The number of carbonyl (C=O) groups excluding carboxylic acids is 3. The molecule has 4 heterocycles. The molecule has 10 nitrogen and oxygen atoms in total. The van der Waals surface area contributed by atoms with E-state index in [0.717, 1.165) is 42.8 Å². The van der Waals surface area contributed by atoms with E-state index >= 15 is 0 Å². The number of hydrogen-bond acceptors (Lipinski definition) is 8. The van der Waals surface area contributed by atoms with Gasteiger partial charge in [-0.3, -0.25) is 14.4 Å². The fourth-order valence-electron chi connectivity index (χ4n) is 5.46. The normalized spacial score (nSPS) is 23.9. The van der Waals surface area contributed by atoms with E-state index in [1.807, 2.05) is 0 Å². The lowest BCUT2D eigenvalue weighted by Crippen LogP contribution is -2.49. The van der Waals surface area contributed by atoms with Crippen LogP contribution >= 0.6 is 11.5 Å². The first kappa shape index (κ1) is 23.8.